The predicted octanol–water partition coefficient (Wildman–Crippen LogP) is 2.91. The van der Waals surface area contributed by atoms with Gasteiger partial charge in [-0.15, -0.1) is 0 Å². The summed E-state index contributed by atoms with van der Waals surface area (Å²) in [5.41, 5.74) is 2.10. The van der Waals surface area contributed by atoms with Crippen LogP contribution in [0.15, 0.2) is 24.3 Å². The molecule has 1 aromatic carbocycles. The lowest BCUT2D eigenvalue weighted by Crippen LogP contribution is -1.73. The zero-order chi connectivity index (χ0) is 8.81. The van der Waals surface area contributed by atoms with E-state index >= 15 is 0 Å². The van der Waals surface area contributed by atoms with E-state index in [0.29, 0.717) is 0 Å². The minimum atomic E-state index is 1.05. The Kier molecular flexibility index (Phi) is 3.59. The van der Waals surface area contributed by atoms with Gasteiger partial charge in [0.25, 0.3) is 0 Å². The van der Waals surface area contributed by atoms with Crippen LogP contribution in [-0.4, -0.2) is 10.0 Å². The maximum atomic E-state index is 4.58. The molecule has 0 saturated carbocycles. The van der Waals surface area contributed by atoms with Gasteiger partial charge in [-0.05, 0) is 57.8 Å². The number of hydrogen-bond donors (Lipinski definition) is 0. The van der Waals surface area contributed by atoms with Crippen LogP contribution < -0.4 is 0 Å². The fraction of sp³-hybridized carbons (Fsp3) is 0. The van der Waals surface area contributed by atoms with Crippen LogP contribution in [0.1, 0.15) is 11.1 Å². The molecule has 0 bridgehead atoms. The molecule has 1 aromatic rings. The molecule has 0 atom stereocenters. The Morgan fingerprint density at radius 1 is 0.833 bits per heavy atom. The first-order valence-electron chi connectivity index (χ1n) is 3.38. The summed E-state index contributed by atoms with van der Waals surface area (Å²) in [7, 11) is 0. The van der Waals surface area contributed by atoms with Gasteiger partial charge in [0.15, 0.2) is 0 Å². The van der Waals surface area contributed by atoms with Crippen LogP contribution in [0.4, 0.5) is 0 Å². The first-order valence-corrected chi connectivity index (χ1v) is 4.20. The first kappa shape index (κ1) is 9.05. The Hall–Kier alpha value is -1.04. The highest BCUT2D eigenvalue weighted by molar-refractivity contribution is 7.78. The molecule has 12 heavy (non-hydrogen) atoms. The summed E-state index contributed by atoms with van der Waals surface area (Å²) in [4.78, 5) is 0. The van der Waals surface area contributed by atoms with Crippen LogP contribution in [0.3, 0.4) is 0 Å². The van der Waals surface area contributed by atoms with Crippen LogP contribution in [0.5, 0.6) is 0 Å². The van der Waals surface area contributed by atoms with Crippen LogP contribution in [0.25, 0.3) is 12.2 Å². The van der Waals surface area contributed by atoms with Crippen LogP contribution in [-0.2, 0) is 0 Å². The molecule has 58 valence electrons. The number of hydrogen-bond acceptors (Lipinski definition) is 2. The maximum Gasteiger partial charge on any atom is -0.00111 e. The first-order chi connectivity index (χ1) is 5.86. The van der Waals surface area contributed by atoms with Gasteiger partial charge in [0.1, 0.15) is 0 Å². The third-order valence-corrected chi connectivity index (χ3v) is 1.62. The molecule has 0 amide bonds. The molecule has 2 heteroatoms. The standard InChI is InChI=1S/C10H6S2/c11-7-5-9-1-2-10(4-3-9)6-8-12/h1-6H. The van der Waals surface area contributed by atoms with Gasteiger partial charge >= 0.3 is 0 Å². The second-order valence-corrected chi connectivity index (χ2v) is 2.66. The Labute approximate surface area is 82.2 Å². The van der Waals surface area contributed by atoms with E-state index in [1.165, 1.54) is 0 Å². The highest BCUT2D eigenvalue weighted by Gasteiger charge is 1.86. The molecule has 0 aliphatic heterocycles. The molecular weight excluding hydrogens is 184 g/mol. The molecule has 0 unspecified atom stereocenters. The SMILES string of the molecule is S=C=Cc1ccc(C=C=S)cc1. The monoisotopic (exact) mass is 190 g/mol. The van der Waals surface area contributed by atoms with Crippen LogP contribution in [0.2, 0.25) is 0 Å². The molecule has 0 aliphatic carbocycles. The predicted molar refractivity (Wildman–Crippen MR) is 60.6 cm³/mol. The minimum absolute atomic E-state index is 1.05. The normalized spacial score (nSPS) is 8.00. The summed E-state index contributed by atoms with van der Waals surface area (Å²) in [6.07, 6.45) is 3.50. The second kappa shape index (κ2) is 4.76. The van der Waals surface area contributed by atoms with E-state index in [0.717, 1.165) is 11.1 Å². The van der Waals surface area contributed by atoms with E-state index in [2.05, 4.69) is 34.5 Å². The lowest BCUT2D eigenvalue weighted by atomic mass is 10.1. The van der Waals surface area contributed by atoms with Crippen molar-refractivity contribution in [2.24, 2.45) is 0 Å². The Morgan fingerprint density at radius 2 is 1.17 bits per heavy atom. The molecule has 0 aliphatic rings. The molecular formula is C10H6S2. The van der Waals surface area contributed by atoms with E-state index in [9.17, 15) is 0 Å². The van der Waals surface area contributed by atoms with E-state index in [-0.39, 0.29) is 0 Å². The molecule has 0 fully saturated rings. The van der Waals surface area contributed by atoms with Crippen molar-refractivity contribution < 1.29 is 0 Å². The highest BCUT2D eigenvalue weighted by atomic mass is 32.1. The molecule has 1 rings (SSSR count). The number of benzene rings is 1. The van der Waals surface area contributed by atoms with Gasteiger partial charge in [-0.3, -0.25) is 0 Å². The molecule has 0 heterocycles. The number of rotatable bonds is 2. The van der Waals surface area contributed by atoms with Crippen molar-refractivity contribution >= 4 is 46.6 Å². The Morgan fingerprint density at radius 3 is 1.42 bits per heavy atom. The topological polar surface area (TPSA) is 0 Å². The zero-order valence-electron chi connectivity index (χ0n) is 6.28. The van der Waals surface area contributed by atoms with Crippen molar-refractivity contribution in [3.8, 4) is 0 Å². The smallest absolute Gasteiger partial charge is 0.00111 e. The Balaban J connectivity index is 2.99. The van der Waals surface area contributed by atoms with Crippen molar-refractivity contribution in [1.82, 2.24) is 0 Å². The van der Waals surface area contributed by atoms with E-state index < -0.39 is 0 Å². The van der Waals surface area contributed by atoms with Gasteiger partial charge in [-0.25, -0.2) is 0 Å². The third-order valence-electron chi connectivity index (χ3n) is 1.39. The van der Waals surface area contributed by atoms with Gasteiger partial charge in [-0.1, -0.05) is 24.3 Å². The van der Waals surface area contributed by atoms with Crippen molar-refractivity contribution in [2.45, 2.75) is 0 Å². The summed E-state index contributed by atoms with van der Waals surface area (Å²) in [5.74, 6) is 0. The zero-order valence-corrected chi connectivity index (χ0v) is 7.91. The number of thiocarbonyl (C=S) groups is 2. The van der Waals surface area contributed by atoms with Crippen LogP contribution in [0, 0.1) is 0 Å². The van der Waals surface area contributed by atoms with Crippen molar-refractivity contribution in [2.75, 3.05) is 0 Å². The van der Waals surface area contributed by atoms with Gasteiger partial charge in [0.2, 0.25) is 0 Å². The maximum absolute atomic E-state index is 4.58. The average molecular weight is 190 g/mol. The van der Waals surface area contributed by atoms with Gasteiger partial charge < -0.3 is 0 Å². The quantitative estimate of drug-likeness (QED) is 0.658. The summed E-state index contributed by atoms with van der Waals surface area (Å²) < 4.78 is 0. The molecule has 0 radical (unpaired) electrons. The van der Waals surface area contributed by atoms with Gasteiger partial charge in [0, 0.05) is 0 Å². The molecule has 0 N–H and O–H groups in total. The van der Waals surface area contributed by atoms with Crippen molar-refractivity contribution in [3.63, 3.8) is 0 Å². The fourth-order valence-corrected chi connectivity index (χ4v) is 1.10. The third kappa shape index (κ3) is 2.54. The Bertz CT molecular complexity index is 313. The van der Waals surface area contributed by atoms with E-state index in [1.807, 2.05) is 24.3 Å². The highest BCUT2D eigenvalue weighted by Crippen LogP contribution is 2.05. The summed E-state index contributed by atoms with van der Waals surface area (Å²) >= 11 is 9.15. The summed E-state index contributed by atoms with van der Waals surface area (Å²) in [6.45, 7) is 0. The molecule has 0 spiro atoms. The minimum Gasteiger partial charge on any atom is -0.0537 e. The van der Waals surface area contributed by atoms with Gasteiger partial charge in [0.05, 0.1) is 0 Å². The molecule has 0 saturated heterocycles. The lowest BCUT2D eigenvalue weighted by molar-refractivity contribution is 1.63. The second-order valence-electron chi connectivity index (χ2n) is 2.19. The largest absolute Gasteiger partial charge is 0.0537 e. The van der Waals surface area contributed by atoms with E-state index in [4.69, 9.17) is 0 Å². The summed E-state index contributed by atoms with van der Waals surface area (Å²) in [6, 6.07) is 7.82. The van der Waals surface area contributed by atoms with E-state index in [1.54, 1.807) is 12.2 Å². The van der Waals surface area contributed by atoms with Crippen LogP contribution >= 0.6 is 24.4 Å². The lowest BCUT2D eigenvalue weighted by Gasteiger charge is -1.91. The molecule has 0 aromatic heterocycles. The fourth-order valence-electron chi connectivity index (χ4n) is 0.825. The van der Waals surface area contributed by atoms with Crippen molar-refractivity contribution in [3.05, 3.63) is 35.4 Å². The van der Waals surface area contributed by atoms with Crippen molar-refractivity contribution in [1.29, 1.82) is 0 Å². The van der Waals surface area contributed by atoms with Gasteiger partial charge in [-0.2, -0.15) is 0 Å². The average Bonchev–Trinajstić information content (AvgIpc) is 2.09. The molecule has 0 nitrogen and oxygen atoms in total. The summed E-state index contributed by atoms with van der Waals surface area (Å²) in [5, 5.41) is 5.09.